The van der Waals surface area contributed by atoms with Gasteiger partial charge in [0.2, 0.25) is 0 Å². The molecule has 0 aliphatic heterocycles. The molecule has 38 heavy (non-hydrogen) atoms. The van der Waals surface area contributed by atoms with Crippen LogP contribution in [0.5, 0.6) is 0 Å². The molecule has 0 aromatic heterocycles. The number of rotatable bonds is 8. The second-order valence-corrected chi connectivity index (χ2v) is 13.1. The molecule has 4 rings (SSSR count). The van der Waals surface area contributed by atoms with Gasteiger partial charge < -0.3 is 20.4 Å². The Labute approximate surface area is 224 Å². The Bertz CT molecular complexity index is 1300. The quantitative estimate of drug-likeness (QED) is 0.411. The number of carbonyl (C=O) groups excluding carboxylic acids is 1. The Hall–Kier alpha value is -2.18. The van der Waals surface area contributed by atoms with E-state index in [1.165, 1.54) is 12.1 Å². The summed E-state index contributed by atoms with van der Waals surface area (Å²) in [5, 5.41) is 22.5. The number of benzene rings is 2. The van der Waals surface area contributed by atoms with E-state index in [0.29, 0.717) is 38.1 Å². The SMILES string of the molecule is CC(O)CN(C)CC1(O)C2CCC1CC(S(=O)(=O)c1cc(C(=O)Nc3cc(F)c(F)c(F)c3)ccc1Cl)C2. The average Bonchev–Trinajstić information content (AvgIpc) is 2.98. The van der Waals surface area contributed by atoms with Crippen LogP contribution in [0.25, 0.3) is 0 Å². The molecule has 7 nitrogen and oxygen atoms in total. The Morgan fingerprint density at radius 3 is 2.29 bits per heavy atom. The zero-order valence-electron chi connectivity index (χ0n) is 20.9. The highest BCUT2D eigenvalue weighted by Gasteiger charge is 2.56. The van der Waals surface area contributed by atoms with Crippen molar-refractivity contribution in [2.75, 3.05) is 25.5 Å². The lowest BCUT2D eigenvalue weighted by Gasteiger charge is -2.44. The van der Waals surface area contributed by atoms with E-state index in [2.05, 4.69) is 5.32 Å². The van der Waals surface area contributed by atoms with E-state index in [-0.39, 0.29) is 45.8 Å². The first kappa shape index (κ1) is 28.8. The number of nitrogens with zero attached hydrogens (tertiary/aromatic N) is 1. The van der Waals surface area contributed by atoms with Crippen LogP contribution in [-0.4, -0.2) is 66.5 Å². The number of anilines is 1. The third-order valence-electron chi connectivity index (χ3n) is 7.65. The topological polar surface area (TPSA) is 107 Å². The van der Waals surface area contributed by atoms with Crippen LogP contribution in [0.3, 0.4) is 0 Å². The van der Waals surface area contributed by atoms with E-state index in [9.17, 15) is 36.6 Å². The summed E-state index contributed by atoms with van der Waals surface area (Å²) in [6.07, 6.45) is 1.23. The standard InChI is InChI=1S/C26H30ClF3N2O5S/c1-14(33)12-32(2)13-26(35)16-4-5-17(26)9-19(8-16)38(36,37)23-7-15(3-6-20(23)27)25(34)31-18-10-21(28)24(30)22(29)11-18/h3,6-7,10-11,14,16-17,19,33,35H,4-5,8-9,12-13H2,1-2H3,(H,31,34). The van der Waals surface area contributed by atoms with Crippen LogP contribution < -0.4 is 5.32 Å². The molecule has 0 heterocycles. The maximum atomic E-state index is 13.7. The summed E-state index contributed by atoms with van der Waals surface area (Å²) >= 11 is 6.25. The van der Waals surface area contributed by atoms with Crippen LogP contribution in [-0.2, 0) is 9.84 Å². The number of sulfone groups is 1. The van der Waals surface area contributed by atoms with Gasteiger partial charge >= 0.3 is 0 Å². The summed E-state index contributed by atoms with van der Waals surface area (Å²) in [6.45, 7) is 2.36. The summed E-state index contributed by atoms with van der Waals surface area (Å²) in [4.78, 5) is 14.3. The summed E-state index contributed by atoms with van der Waals surface area (Å²) in [7, 11) is -2.21. The average molecular weight is 575 g/mol. The van der Waals surface area contributed by atoms with E-state index >= 15 is 0 Å². The summed E-state index contributed by atoms with van der Waals surface area (Å²) in [6, 6.07) is 4.87. The highest BCUT2D eigenvalue weighted by Crippen LogP contribution is 2.52. The van der Waals surface area contributed by atoms with Gasteiger partial charge in [0.1, 0.15) is 0 Å². The first-order valence-electron chi connectivity index (χ1n) is 12.3. The largest absolute Gasteiger partial charge is 0.392 e. The first-order chi connectivity index (χ1) is 17.7. The van der Waals surface area contributed by atoms with Crippen molar-refractivity contribution in [2.45, 2.75) is 54.5 Å². The number of fused-ring (bicyclic) bond motifs is 2. The normalized spacial score (nSPS) is 26.0. The fraction of sp³-hybridized carbons (Fsp3) is 0.500. The predicted octanol–water partition coefficient (Wildman–Crippen LogP) is 4.02. The lowest BCUT2D eigenvalue weighted by Crippen LogP contribution is -2.54. The first-order valence-corrected chi connectivity index (χ1v) is 14.2. The summed E-state index contributed by atoms with van der Waals surface area (Å²) in [5.74, 6) is -6.02. The van der Waals surface area contributed by atoms with Gasteiger partial charge in [-0.05, 0) is 69.7 Å². The minimum absolute atomic E-state index is 0.0785. The van der Waals surface area contributed by atoms with Crippen molar-refractivity contribution >= 4 is 33.0 Å². The second-order valence-electron chi connectivity index (χ2n) is 10.5. The molecule has 2 fully saturated rings. The van der Waals surface area contributed by atoms with Crippen LogP contribution in [0, 0.1) is 29.3 Å². The fourth-order valence-corrected chi connectivity index (χ4v) is 8.34. The zero-order valence-corrected chi connectivity index (χ0v) is 22.5. The molecule has 0 radical (unpaired) electrons. The molecular formula is C26H30ClF3N2O5S. The van der Waals surface area contributed by atoms with E-state index in [4.69, 9.17) is 11.6 Å². The number of aliphatic hydroxyl groups is 2. The number of likely N-dealkylation sites (N-methyl/N-ethyl adjacent to an activating group) is 1. The Morgan fingerprint density at radius 1 is 1.16 bits per heavy atom. The van der Waals surface area contributed by atoms with E-state index < -0.39 is 50.2 Å². The van der Waals surface area contributed by atoms with Crippen molar-refractivity contribution in [3.05, 3.63) is 58.4 Å². The Morgan fingerprint density at radius 2 is 1.74 bits per heavy atom. The van der Waals surface area contributed by atoms with E-state index in [0.717, 1.165) is 6.07 Å². The van der Waals surface area contributed by atoms with Crippen molar-refractivity contribution in [2.24, 2.45) is 11.8 Å². The number of aliphatic hydroxyl groups excluding tert-OH is 1. The summed E-state index contributed by atoms with van der Waals surface area (Å²) < 4.78 is 67.6. The third kappa shape index (κ3) is 5.58. The van der Waals surface area contributed by atoms with Crippen molar-refractivity contribution in [3.63, 3.8) is 0 Å². The van der Waals surface area contributed by atoms with Gasteiger partial charge in [0.15, 0.2) is 27.3 Å². The van der Waals surface area contributed by atoms with Crippen LogP contribution in [0.15, 0.2) is 35.2 Å². The number of hydrogen-bond donors (Lipinski definition) is 3. The number of hydrogen-bond acceptors (Lipinski definition) is 6. The monoisotopic (exact) mass is 574 g/mol. The highest BCUT2D eigenvalue weighted by atomic mass is 35.5. The molecule has 2 aromatic carbocycles. The van der Waals surface area contributed by atoms with Gasteiger partial charge in [-0.25, -0.2) is 21.6 Å². The third-order valence-corrected chi connectivity index (χ3v) is 10.3. The Balaban J connectivity index is 1.54. The van der Waals surface area contributed by atoms with Crippen molar-refractivity contribution in [3.8, 4) is 0 Å². The lowest BCUT2D eigenvalue weighted by molar-refractivity contribution is -0.0799. The minimum atomic E-state index is -4.01. The van der Waals surface area contributed by atoms with Crippen LogP contribution in [0.1, 0.15) is 43.0 Å². The molecule has 208 valence electrons. The molecular weight excluding hydrogens is 545 g/mol. The van der Waals surface area contributed by atoms with E-state index in [1.54, 1.807) is 14.0 Å². The van der Waals surface area contributed by atoms with Crippen LogP contribution >= 0.6 is 11.6 Å². The molecule has 2 aliphatic carbocycles. The van der Waals surface area contributed by atoms with Crippen LogP contribution in [0.2, 0.25) is 5.02 Å². The van der Waals surface area contributed by atoms with Crippen LogP contribution in [0.4, 0.5) is 18.9 Å². The zero-order chi connectivity index (χ0) is 28.0. The second kappa shape index (κ2) is 10.8. The van der Waals surface area contributed by atoms with Gasteiger partial charge in [0.05, 0.1) is 26.9 Å². The molecule has 2 saturated carbocycles. The molecule has 2 aliphatic rings. The number of halogens is 4. The number of amides is 1. The van der Waals surface area contributed by atoms with Crippen molar-refractivity contribution in [1.82, 2.24) is 4.90 Å². The minimum Gasteiger partial charge on any atom is -0.392 e. The van der Waals surface area contributed by atoms with Gasteiger partial charge in [-0.3, -0.25) is 4.79 Å². The Kier molecular flexibility index (Phi) is 8.17. The molecule has 2 bridgehead atoms. The molecule has 2 aromatic rings. The van der Waals surface area contributed by atoms with Crippen molar-refractivity contribution < 1.29 is 36.6 Å². The summed E-state index contributed by atoms with van der Waals surface area (Å²) in [5.41, 5.74) is -1.52. The molecule has 3 unspecified atom stereocenters. The number of carbonyl (C=O) groups is 1. The molecule has 0 saturated heterocycles. The van der Waals surface area contributed by atoms with Crippen molar-refractivity contribution in [1.29, 1.82) is 0 Å². The van der Waals surface area contributed by atoms with Gasteiger partial charge in [-0.15, -0.1) is 0 Å². The number of nitrogens with one attached hydrogen (secondary N) is 1. The van der Waals surface area contributed by atoms with Gasteiger partial charge in [-0.1, -0.05) is 11.6 Å². The molecule has 12 heteroatoms. The fourth-order valence-electron chi connectivity index (χ4n) is 5.94. The van der Waals surface area contributed by atoms with Gasteiger partial charge in [-0.2, -0.15) is 0 Å². The van der Waals surface area contributed by atoms with Gasteiger partial charge in [0.25, 0.3) is 5.91 Å². The predicted molar refractivity (Wildman–Crippen MR) is 136 cm³/mol. The molecule has 0 spiro atoms. The molecule has 3 N–H and O–H groups in total. The van der Waals surface area contributed by atoms with Gasteiger partial charge in [0, 0.05) is 36.5 Å². The highest BCUT2D eigenvalue weighted by molar-refractivity contribution is 7.92. The lowest BCUT2D eigenvalue weighted by atomic mass is 9.74. The maximum Gasteiger partial charge on any atom is 0.255 e. The molecule has 3 atom stereocenters. The smallest absolute Gasteiger partial charge is 0.255 e. The molecule has 1 amide bonds. The van der Waals surface area contributed by atoms with E-state index in [1.807, 2.05) is 4.90 Å². The maximum absolute atomic E-state index is 13.7.